The number of carboxylic acids is 2. The van der Waals surface area contributed by atoms with Crippen LogP contribution in [0.1, 0.15) is 20.8 Å². The molecule has 0 radical (unpaired) electrons. The number of halogens is 3. The van der Waals surface area contributed by atoms with Gasteiger partial charge < -0.3 is 21.3 Å². The van der Waals surface area contributed by atoms with Crippen LogP contribution in [0.3, 0.4) is 0 Å². The van der Waals surface area contributed by atoms with E-state index in [4.69, 9.17) is 20.7 Å². The van der Waals surface area contributed by atoms with E-state index in [1.54, 1.807) is 20.8 Å². The van der Waals surface area contributed by atoms with Gasteiger partial charge in [0.25, 0.3) is 0 Å². The van der Waals surface area contributed by atoms with Crippen LogP contribution in [0.5, 0.6) is 0 Å². The Morgan fingerprint density at radius 2 is 1.50 bits per heavy atom. The Morgan fingerprint density at radius 3 is 1.65 bits per heavy atom. The number of carboxylic acid groups (broad SMARTS) is 2. The molecule has 0 rings (SSSR count). The molecular formula is C10H17F3N2O5. The van der Waals surface area contributed by atoms with Crippen molar-refractivity contribution in [2.24, 2.45) is 11.1 Å². The first kappa shape index (κ1) is 20.5. The van der Waals surface area contributed by atoms with Gasteiger partial charge in [-0.15, -0.1) is 0 Å². The van der Waals surface area contributed by atoms with Crippen LogP contribution in [0.2, 0.25) is 0 Å². The van der Waals surface area contributed by atoms with Crippen molar-refractivity contribution in [3.63, 3.8) is 0 Å². The second-order valence-electron chi connectivity index (χ2n) is 4.71. The normalized spacial score (nSPS) is 12.8. The van der Waals surface area contributed by atoms with E-state index in [1.807, 2.05) is 0 Å². The molecule has 5 N–H and O–H groups in total. The highest BCUT2D eigenvalue weighted by Gasteiger charge is 2.38. The van der Waals surface area contributed by atoms with Crippen LogP contribution in [-0.2, 0) is 14.4 Å². The summed E-state index contributed by atoms with van der Waals surface area (Å²) >= 11 is 0. The average molecular weight is 302 g/mol. The fourth-order valence-corrected chi connectivity index (χ4v) is 0.869. The van der Waals surface area contributed by atoms with Crippen LogP contribution in [0.25, 0.3) is 0 Å². The molecule has 20 heavy (non-hydrogen) atoms. The van der Waals surface area contributed by atoms with Gasteiger partial charge in [-0.05, 0) is 5.41 Å². The summed E-state index contributed by atoms with van der Waals surface area (Å²) in [4.78, 5) is 30.5. The minimum Gasteiger partial charge on any atom is -0.480 e. The van der Waals surface area contributed by atoms with Crippen molar-refractivity contribution in [1.29, 1.82) is 0 Å². The number of hydrogen-bond acceptors (Lipinski definition) is 4. The molecule has 0 saturated carbocycles. The van der Waals surface area contributed by atoms with Gasteiger partial charge in [0.05, 0.1) is 6.54 Å². The molecule has 0 spiro atoms. The second kappa shape index (κ2) is 7.68. The van der Waals surface area contributed by atoms with E-state index >= 15 is 0 Å². The van der Waals surface area contributed by atoms with Gasteiger partial charge in [0.2, 0.25) is 5.91 Å². The SMILES string of the molecule is CC(C)(C)[C@@H](NC(=O)CN)C(=O)O.O=C(O)C(F)(F)F. The molecule has 0 aliphatic heterocycles. The third-order valence-electron chi connectivity index (χ3n) is 1.85. The molecule has 0 aliphatic carbocycles. The third-order valence-corrected chi connectivity index (χ3v) is 1.85. The van der Waals surface area contributed by atoms with Crippen molar-refractivity contribution in [3.8, 4) is 0 Å². The molecule has 0 fully saturated rings. The average Bonchev–Trinajstić information content (AvgIpc) is 2.22. The van der Waals surface area contributed by atoms with Gasteiger partial charge in [0, 0.05) is 0 Å². The zero-order valence-corrected chi connectivity index (χ0v) is 11.1. The first-order chi connectivity index (χ1) is 8.73. The van der Waals surface area contributed by atoms with Gasteiger partial charge in [-0.3, -0.25) is 4.79 Å². The topological polar surface area (TPSA) is 130 Å². The van der Waals surface area contributed by atoms with Crippen LogP contribution in [0.15, 0.2) is 0 Å². The maximum absolute atomic E-state index is 10.9. The molecule has 0 unspecified atom stereocenters. The Bertz CT molecular complexity index is 363. The number of alkyl halides is 3. The number of aliphatic carboxylic acids is 2. The van der Waals surface area contributed by atoms with E-state index in [-0.39, 0.29) is 6.54 Å². The molecule has 10 heteroatoms. The number of nitrogens with two attached hydrogens (primary N) is 1. The minimum atomic E-state index is -5.08. The predicted octanol–water partition coefficient (Wildman–Crippen LogP) is 0.194. The number of hydrogen-bond donors (Lipinski definition) is 4. The van der Waals surface area contributed by atoms with Crippen molar-refractivity contribution >= 4 is 17.8 Å². The third kappa shape index (κ3) is 9.14. The molecule has 118 valence electrons. The zero-order chi connectivity index (χ0) is 16.7. The molecule has 0 aromatic heterocycles. The number of amides is 1. The molecule has 0 aromatic carbocycles. The van der Waals surface area contributed by atoms with Crippen LogP contribution >= 0.6 is 0 Å². The summed E-state index contributed by atoms with van der Waals surface area (Å²) in [5.74, 6) is -4.26. The molecule has 0 aromatic rings. The minimum absolute atomic E-state index is 0.195. The van der Waals surface area contributed by atoms with Gasteiger partial charge in [-0.25, -0.2) is 9.59 Å². The lowest BCUT2D eigenvalue weighted by Crippen LogP contribution is -2.50. The largest absolute Gasteiger partial charge is 0.490 e. The number of rotatable bonds is 3. The zero-order valence-electron chi connectivity index (χ0n) is 11.1. The Morgan fingerprint density at radius 1 is 1.15 bits per heavy atom. The van der Waals surface area contributed by atoms with Crippen molar-refractivity contribution in [3.05, 3.63) is 0 Å². The molecule has 1 amide bonds. The van der Waals surface area contributed by atoms with Crippen molar-refractivity contribution in [2.75, 3.05) is 6.54 Å². The molecule has 1 atom stereocenters. The Balaban J connectivity index is 0. The lowest BCUT2D eigenvalue weighted by atomic mass is 9.87. The number of nitrogens with one attached hydrogen (secondary N) is 1. The summed E-state index contributed by atoms with van der Waals surface area (Å²) in [7, 11) is 0. The van der Waals surface area contributed by atoms with Crippen molar-refractivity contribution < 1.29 is 37.8 Å². The van der Waals surface area contributed by atoms with Gasteiger partial charge in [0.15, 0.2) is 0 Å². The lowest BCUT2D eigenvalue weighted by molar-refractivity contribution is -0.192. The van der Waals surface area contributed by atoms with Gasteiger partial charge in [-0.1, -0.05) is 20.8 Å². The predicted molar refractivity (Wildman–Crippen MR) is 61.8 cm³/mol. The fourth-order valence-electron chi connectivity index (χ4n) is 0.869. The van der Waals surface area contributed by atoms with Crippen LogP contribution in [0, 0.1) is 5.41 Å². The van der Waals surface area contributed by atoms with Crippen molar-refractivity contribution in [2.45, 2.75) is 33.0 Å². The summed E-state index contributed by atoms with van der Waals surface area (Å²) in [5, 5.41) is 18.3. The van der Waals surface area contributed by atoms with E-state index in [0.717, 1.165) is 0 Å². The van der Waals surface area contributed by atoms with Gasteiger partial charge >= 0.3 is 18.1 Å². The maximum Gasteiger partial charge on any atom is 0.490 e. The smallest absolute Gasteiger partial charge is 0.480 e. The summed E-state index contributed by atoms with van der Waals surface area (Å²) < 4.78 is 31.7. The standard InChI is InChI=1S/C8H16N2O3.C2HF3O2/c1-8(2,3)6(7(12)13)10-5(11)4-9;3-2(4,5)1(6)7/h6H,4,9H2,1-3H3,(H,10,11)(H,12,13);(H,6,7)/t6-;/m0./s1. The second-order valence-corrected chi connectivity index (χ2v) is 4.71. The molecular weight excluding hydrogens is 285 g/mol. The first-order valence-electron chi connectivity index (χ1n) is 5.25. The summed E-state index contributed by atoms with van der Waals surface area (Å²) in [5.41, 5.74) is 4.54. The number of carbonyl (C=O) groups excluding carboxylic acids is 1. The Labute approximate surface area is 112 Å². The summed E-state index contributed by atoms with van der Waals surface area (Å²) in [6.07, 6.45) is -5.08. The van der Waals surface area contributed by atoms with E-state index in [1.165, 1.54) is 0 Å². The lowest BCUT2D eigenvalue weighted by Gasteiger charge is -2.27. The van der Waals surface area contributed by atoms with E-state index in [0.29, 0.717) is 0 Å². The first-order valence-corrected chi connectivity index (χ1v) is 5.25. The number of carbonyl (C=O) groups is 3. The molecule has 7 nitrogen and oxygen atoms in total. The Kier molecular flexibility index (Phi) is 7.86. The molecule has 0 heterocycles. The van der Waals surface area contributed by atoms with Crippen LogP contribution < -0.4 is 11.1 Å². The van der Waals surface area contributed by atoms with E-state index in [9.17, 15) is 22.8 Å². The fraction of sp³-hybridized carbons (Fsp3) is 0.700. The molecule has 0 aliphatic rings. The molecule has 0 bridgehead atoms. The summed E-state index contributed by atoms with van der Waals surface area (Å²) in [6.45, 7) is 5.02. The highest BCUT2D eigenvalue weighted by atomic mass is 19.4. The van der Waals surface area contributed by atoms with Gasteiger partial charge in [0.1, 0.15) is 6.04 Å². The summed E-state index contributed by atoms with van der Waals surface area (Å²) in [6, 6.07) is -0.899. The van der Waals surface area contributed by atoms with Gasteiger partial charge in [-0.2, -0.15) is 13.2 Å². The van der Waals surface area contributed by atoms with E-state index in [2.05, 4.69) is 5.32 Å². The highest BCUT2D eigenvalue weighted by Crippen LogP contribution is 2.19. The Hall–Kier alpha value is -1.84. The monoisotopic (exact) mass is 302 g/mol. The quantitative estimate of drug-likeness (QED) is 0.589. The van der Waals surface area contributed by atoms with Crippen molar-refractivity contribution in [1.82, 2.24) is 5.32 Å². The van der Waals surface area contributed by atoms with Crippen LogP contribution in [-0.4, -0.2) is 46.8 Å². The van der Waals surface area contributed by atoms with E-state index < -0.39 is 35.5 Å². The van der Waals surface area contributed by atoms with Crippen LogP contribution in [0.4, 0.5) is 13.2 Å². The highest BCUT2D eigenvalue weighted by molar-refractivity contribution is 5.85. The maximum atomic E-state index is 10.9. The molecule has 0 saturated heterocycles.